The Morgan fingerprint density at radius 3 is 2.96 bits per heavy atom. The van der Waals surface area contributed by atoms with Crippen molar-refractivity contribution < 1.29 is 9.72 Å². The molecule has 0 atom stereocenters. The Hall–Kier alpha value is -2.73. The summed E-state index contributed by atoms with van der Waals surface area (Å²) in [6.07, 6.45) is 5.00. The molecule has 3 rings (SSSR count). The molecule has 0 spiro atoms. The maximum Gasteiger partial charge on any atom is 0.320 e. The third-order valence-corrected chi connectivity index (χ3v) is 4.94. The van der Waals surface area contributed by atoms with E-state index in [1.165, 1.54) is 29.3 Å². The minimum atomic E-state index is -0.674. The molecule has 9 heteroatoms. The van der Waals surface area contributed by atoms with E-state index >= 15 is 0 Å². The predicted octanol–water partition coefficient (Wildman–Crippen LogP) is 2.39. The first-order valence-corrected chi connectivity index (χ1v) is 7.87. The number of hydrogen-bond acceptors (Lipinski definition) is 6. The Labute approximate surface area is 135 Å². The summed E-state index contributed by atoms with van der Waals surface area (Å²) in [6, 6.07) is 2.14. The SMILES string of the molecule is Cn1cc([N+](=O)[O-])c(C(=O)Nc2sc3c(c2C#N)CCCC3)n1. The van der Waals surface area contributed by atoms with Gasteiger partial charge in [0.15, 0.2) is 0 Å². The third kappa shape index (κ3) is 2.68. The van der Waals surface area contributed by atoms with E-state index in [-0.39, 0.29) is 11.4 Å². The quantitative estimate of drug-likeness (QED) is 0.685. The molecule has 1 N–H and O–H groups in total. The van der Waals surface area contributed by atoms with Gasteiger partial charge < -0.3 is 5.32 Å². The first-order chi connectivity index (χ1) is 11.0. The summed E-state index contributed by atoms with van der Waals surface area (Å²) in [5.74, 6) is -0.674. The van der Waals surface area contributed by atoms with E-state index in [0.717, 1.165) is 36.1 Å². The van der Waals surface area contributed by atoms with Crippen molar-refractivity contribution in [1.82, 2.24) is 9.78 Å². The molecule has 2 heterocycles. The van der Waals surface area contributed by atoms with Crippen molar-refractivity contribution in [3.8, 4) is 6.07 Å². The summed E-state index contributed by atoms with van der Waals surface area (Å²) in [5, 5.41) is 27.3. The van der Waals surface area contributed by atoms with E-state index in [2.05, 4.69) is 16.5 Å². The molecule has 0 aromatic carbocycles. The first-order valence-electron chi connectivity index (χ1n) is 7.05. The molecule has 0 bridgehead atoms. The van der Waals surface area contributed by atoms with E-state index < -0.39 is 10.8 Å². The lowest BCUT2D eigenvalue weighted by molar-refractivity contribution is -0.385. The van der Waals surface area contributed by atoms with Crippen molar-refractivity contribution in [2.75, 3.05) is 5.32 Å². The second-order valence-corrected chi connectivity index (χ2v) is 6.38. The second kappa shape index (κ2) is 5.81. The van der Waals surface area contributed by atoms with Crippen molar-refractivity contribution in [3.05, 3.63) is 38.0 Å². The molecule has 0 unspecified atom stereocenters. The molecule has 1 amide bonds. The lowest BCUT2D eigenvalue weighted by atomic mass is 9.96. The van der Waals surface area contributed by atoms with Crippen LogP contribution in [0.3, 0.4) is 0 Å². The third-order valence-electron chi connectivity index (χ3n) is 3.73. The number of thiophene rings is 1. The zero-order chi connectivity index (χ0) is 16.6. The monoisotopic (exact) mass is 331 g/mol. The molecule has 0 fully saturated rings. The standard InChI is InChI=1S/C14H13N5O3S/c1-18-7-10(19(21)22)12(17-18)13(20)16-14-9(6-15)8-4-2-3-5-11(8)23-14/h7H,2-5H2,1H3,(H,16,20). The van der Waals surface area contributed by atoms with E-state index in [1.54, 1.807) is 0 Å². The highest BCUT2D eigenvalue weighted by Crippen LogP contribution is 2.37. The van der Waals surface area contributed by atoms with Crippen LogP contribution in [0.5, 0.6) is 0 Å². The highest BCUT2D eigenvalue weighted by molar-refractivity contribution is 7.16. The molecule has 118 valence electrons. The van der Waals surface area contributed by atoms with Gasteiger partial charge in [0.05, 0.1) is 10.5 Å². The number of aryl methyl sites for hydroxylation is 2. The van der Waals surface area contributed by atoms with Crippen LogP contribution < -0.4 is 5.32 Å². The van der Waals surface area contributed by atoms with Crippen LogP contribution >= 0.6 is 11.3 Å². The zero-order valence-corrected chi connectivity index (χ0v) is 13.1. The molecule has 0 aliphatic heterocycles. The van der Waals surface area contributed by atoms with Gasteiger partial charge in [-0.3, -0.25) is 19.6 Å². The molecular formula is C14H13N5O3S. The van der Waals surface area contributed by atoms with Crippen LogP contribution in [-0.4, -0.2) is 20.6 Å². The second-order valence-electron chi connectivity index (χ2n) is 5.27. The van der Waals surface area contributed by atoms with Gasteiger partial charge in [0.1, 0.15) is 17.3 Å². The maximum atomic E-state index is 12.3. The van der Waals surface area contributed by atoms with Crippen molar-refractivity contribution in [1.29, 1.82) is 5.26 Å². The minimum absolute atomic E-state index is 0.257. The van der Waals surface area contributed by atoms with Crippen LogP contribution in [-0.2, 0) is 19.9 Å². The number of aromatic nitrogens is 2. The fourth-order valence-electron chi connectivity index (χ4n) is 2.71. The topological polar surface area (TPSA) is 114 Å². The Balaban J connectivity index is 1.94. The molecule has 0 radical (unpaired) electrons. The van der Waals surface area contributed by atoms with Gasteiger partial charge in [-0.05, 0) is 31.2 Å². The van der Waals surface area contributed by atoms with Gasteiger partial charge >= 0.3 is 5.69 Å². The van der Waals surface area contributed by atoms with Crippen LogP contribution in [0.15, 0.2) is 6.20 Å². The van der Waals surface area contributed by atoms with Crippen LogP contribution in [0.2, 0.25) is 0 Å². The summed E-state index contributed by atoms with van der Waals surface area (Å²) in [5.41, 5.74) is 0.851. The van der Waals surface area contributed by atoms with Crippen LogP contribution in [0.25, 0.3) is 0 Å². The lowest BCUT2D eigenvalue weighted by Gasteiger charge is -2.09. The number of fused-ring (bicyclic) bond motifs is 1. The molecule has 2 aromatic rings. The molecule has 8 nitrogen and oxygen atoms in total. The van der Waals surface area contributed by atoms with Crippen molar-refractivity contribution in [3.63, 3.8) is 0 Å². The normalized spacial score (nSPS) is 13.2. The summed E-state index contributed by atoms with van der Waals surface area (Å²) < 4.78 is 1.22. The van der Waals surface area contributed by atoms with E-state index in [0.29, 0.717) is 10.6 Å². The molecule has 0 saturated carbocycles. The molecule has 1 aliphatic rings. The number of nitrogens with one attached hydrogen (secondary N) is 1. The number of hydrogen-bond donors (Lipinski definition) is 1. The van der Waals surface area contributed by atoms with E-state index in [1.807, 2.05) is 0 Å². The number of nitro groups is 1. The molecule has 23 heavy (non-hydrogen) atoms. The van der Waals surface area contributed by atoms with Gasteiger partial charge in [-0.2, -0.15) is 10.4 Å². The molecule has 1 aliphatic carbocycles. The lowest BCUT2D eigenvalue weighted by Crippen LogP contribution is -2.14. The Morgan fingerprint density at radius 2 is 2.26 bits per heavy atom. The first kappa shape index (κ1) is 15.2. The number of carbonyl (C=O) groups excluding carboxylic acids is 1. The highest BCUT2D eigenvalue weighted by atomic mass is 32.1. The van der Waals surface area contributed by atoms with Crippen LogP contribution in [0.1, 0.15) is 39.3 Å². The van der Waals surface area contributed by atoms with Crippen LogP contribution in [0.4, 0.5) is 10.7 Å². The average Bonchev–Trinajstić information content (AvgIpc) is 3.07. The van der Waals surface area contributed by atoms with Gasteiger partial charge in [0.25, 0.3) is 5.91 Å². The number of amides is 1. The number of nitriles is 1. The molecular weight excluding hydrogens is 318 g/mol. The van der Waals surface area contributed by atoms with Crippen molar-refractivity contribution >= 4 is 27.9 Å². The predicted molar refractivity (Wildman–Crippen MR) is 83.5 cm³/mol. The molecule has 0 saturated heterocycles. The van der Waals surface area contributed by atoms with Crippen molar-refractivity contribution in [2.45, 2.75) is 25.7 Å². The zero-order valence-electron chi connectivity index (χ0n) is 12.3. The Morgan fingerprint density at radius 1 is 1.52 bits per heavy atom. The number of nitrogens with zero attached hydrogens (tertiary/aromatic N) is 4. The fourth-order valence-corrected chi connectivity index (χ4v) is 3.94. The Bertz CT molecular complexity index is 845. The van der Waals surface area contributed by atoms with Gasteiger partial charge in [0, 0.05) is 11.9 Å². The van der Waals surface area contributed by atoms with E-state index in [9.17, 15) is 20.2 Å². The summed E-state index contributed by atoms with van der Waals surface area (Å²) in [4.78, 5) is 23.8. The molecule has 2 aromatic heterocycles. The number of anilines is 1. The van der Waals surface area contributed by atoms with Gasteiger partial charge in [0.2, 0.25) is 5.69 Å². The Kier molecular flexibility index (Phi) is 3.83. The van der Waals surface area contributed by atoms with Crippen molar-refractivity contribution in [2.24, 2.45) is 7.05 Å². The van der Waals surface area contributed by atoms with E-state index in [4.69, 9.17) is 0 Å². The number of carbonyl (C=O) groups is 1. The summed E-state index contributed by atoms with van der Waals surface area (Å²) in [7, 11) is 1.51. The highest BCUT2D eigenvalue weighted by Gasteiger charge is 2.27. The summed E-state index contributed by atoms with van der Waals surface area (Å²) >= 11 is 1.37. The minimum Gasteiger partial charge on any atom is -0.311 e. The van der Waals surface area contributed by atoms with Gasteiger partial charge in [-0.1, -0.05) is 0 Å². The van der Waals surface area contributed by atoms with Gasteiger partial charge in [-0.15, -0.1) is 11.3 Å². The fraction of sp³-hybridized carbons (Fsp3) is 0.357. The average molecular weight is 331 g/mol. The largest absolute Gasteiger partial charge is 0.320 e. The maximum absolute atomic E-state index is 12.3. The van der Waals surface area contributed by atoms with Crippen LogP contribution in [0, 0.1) is 21.4 Å². The number of rotatable bonds is 3. The summed E-state index contributed by atoms with van der Waals surface area (Å²) in [6.45, 7) is 0. The smallest absolute Gasteiger partial charge is 0.311 e. The van der Waals surface area contributed by atoms with Gasteiger partial charge in [-0.25, -0.2) is 0 Å².